The van der Waals surface area contributed by atoms with Crippen molar-refractivity contribution in [2.45, 2.75) is 19.9 Å². The Morgan fingerprint density at radius 2 is 2.06 bits per heavy atom. The van der Waals surface area contributed by atoms with Crippen molar-refractivity contribution in [2.75, 3.05) is 5.73 Å². The number of anilines is 1. The number of rotatable bonds is 4. The number of nitrogen functional groups attached to an aromatic ring is 1. The van der Waals surface area contributed by atoms with Gasteiger partial charge in [0.25, 0.3) is 5.91 Å². The fourth-order valence-electron chi connectivity index (χ4n) is 1.89. The summed E-state index contributed by atoms with van der Waals surface area (Å²) in [4.78, 5) is 14.7. The predicted octanol–water partition coefficient (Wildman–Crippen LogP) is 2.09. The van der Waals surface area contributed by atoms with Gasteiger partial charge in [-0.2, -0.15) is 0 Å². The summed E-state index contributed by atoms with van der Waals surface area (Å²) in [6.45, 7) is 2.63. The van der Waals surface area contributed by atoms with Crippen LogP contribution in [0.15, 0.2) is 36.5 Å². The molecule has 94 valence electrons. The van der Waals surface area contributed by atoms with E-state index in [0.717, 1.165) is 12.0 Å². The molecule has 0 fully saturated rings. The van der Waals surface area contributed by atoms with E-state index in [1.807, 2.05) is 18.2 Å². The van der Waals surface area contributed by atoms with Gasteiger partial charge < -0.3 is 16.0 Å². The quantitative estimate of drug-likeness (QED) is 0.769. The molecule has 0 saturated carbocycles. The standard InChI is InChI=1S/C14H17N3O/c1-2-10-5-3-4-6-11(10)8-17-14(18)13-7-12(15)9-16-13/h3-7,9,16H,2,8,15H2,1H3,(H,17,18). The fourth-order valence-corrected chi connectivity index (χ4v) is 1.89. The van der Waals surface area contributed by atoms with Crippen LogP contribution in [0.1, 0.15) is 28.5 Å². The molecule has 2 rings (SSSR count). The van der Waals surface area contributed by atoms with E-state index in [1.54, 1.807) is 12.3 Å². The normalized spacial score (nSPS) is 10.3. The van der Waals surface area contributed by atoms with E-state index < -0.39 is 0 Å². The largest absolute Gasteiger partial charge is 0.397 e. The minimum Gasteiger partial charge on any atom is -0.397 e. The summed E-state index contributed by atoms with van der Waals surface area (Å²) in [6, 6.07) is 9.72. The molecule has 18 heavy (non-hydrogen) atoms. The highest BCUT2D eigenvalue weighted by Gasteiger charge is 2.08. The molecule has 4 nitrogen and oxygen atoms in total. The second-order valence-electron chi connectivity index (χ2n) is 4.15. The van der Waals surface area contributed by atoms with E-state index in [2.05, 4.69) is 23.3 Å². The van der Waals surface area contributed by atoms with Gasteiger partial charge in [-0.3, -0.25) is 4.79 Å². The summed E-state index contributed by atoms with van der Waals surface area (Å²) in [5, 5.41) is 2.88. The lowest BCUT2D eigenvalue weighted by molar-refractivity contribution is 0.0946. The molecule has 0 bridgehead atoms. The van der Waals surface area contributed by atoms with Crippen LogP contribution in [0.3, 0.4) is 0 Å². The Balaban J connectivity index is 2.01. The first-order chi connectivity index (χ1) is 8.70. The number of H-pyrrole nitrogens is 1. The van der Waals surface area contributed by atoms with Crippen molar-refractivity contribution in [3.8, 4) is 0 Å². The molecule has 4 heteroatoms. The van der Waals surface area contributed by atoms with Gasteiger partial charge in [0.05, 0.1) is 0 Å². The number of amides is 1. The molecule has 0 radical (unpaired) electrons. The number of aryl methyl sites for hydroxylation is 1. The lowest BCUT2D eigenvalue weighted by Gasteiger charge is -2.08. The minimum absolute atomic E-state index is 0.141. The van der Waals surface area contributed by atoms with Crippen molar-refractivity contribution in [2.24, 2.45) is 0 Å². The Morgan fingerprint density at radius 1 is 1.33 bits per heavy atom. The third kappa shape index (κ3) is 2.71. The summed E-state index contributed by atoms with van der Waals surface area (Å²) >= 11 is 0. The highest BCUT2D eigenvalue weighted by molar-refractivity contribution is 5.93. The van der Waals surface area contributed by atoms with Crippen LogP contribution in [0, 0.1) is 0 Å². The fraction of sp³-hybridized carbons (Fsp3) is 0.214. The van der Waals surface area contributed by atoms with Gasteiger partial charge in [0.2, 0.25) is 0 Å². The van der Waals surface area contributed by atoms with Crippen molar-refractivity contribution in [1.29, 1.82) is 0 Å². The average molecular weight is 243 g/mol. The zero-order chi connectivity index (χ0) is 13.0. The van der Waals surface area contributed by atoms with E-state index in [9.17, 15) is 4.79 Å². The SMILES string of the molecule is CCc1ccccc1CNC(=O)c1cc(N)c[nH]1. The van der Waals surface area contributed by atoms with Crippen LogP contribution in [0.4, 0.5) is 5.69 Å². The molecule has 1 aromatic carbocycles. The number of nitrogens with one attached hydrogen (secondary N) is 2. The maximum Gasteiger partial charge on any atom is 0.268 e. The van der Waals surface area contributed by atoms with Crippen LogP contribution in [0.2, 0.25) is 0 Å². The second-order valence-corrected chi connectivity index (χ2v) is 4.15. The molecule has 1 heterocycles. The van der Waals surface area contributed by atoms with Gasteiger partial charge in [-0.15, -0.1) is 0 Å². The minimum atomic E-state index is -0.141. The van der Waals surface area contributed by atoms with Gasteiger partial charge in [0.15, 0.2) is 0 Å². The molecule has 1 aromatic heterocycles. The monoisotopic (exact) mass is 243 g/mol. The van der Waals surface area contributed by atoms with Crippen LogP contribution in [-0.2, 0) is 13.0 Å². The second kappa shape index (κ2) is 5.40. The summed E-state index contributed by atoms with van der Waals surface area (Å²) in [6.07, 6.45) is 2.57. The number of benzene rings is 1. The Morgan fingerprint density at radius 3 is 2.67 bits per heavy atom. The molecular weight excluding hydrogens is 226 g/mol. The number of aromatic amines is 1. The van der Waals surface area contributed by atoms with Crippen molar-refractivity contribution in [3.05, 3.63) is 53.3 Å². The summed E-state index contributed by atoms with van der Waals surface area (Å²) in [5.74, 6) is -0.141. The molecule has 4 N–H and O–H groups in total. The Bertz CT molecular complexity index is 545. The summed E-state index contributed by atoms with van der Waals surface area (Å²) < 4.78 is 0. The predicted molar refractivity (Wildman–Crippen MR) is 72.2 cm³/mol. The van der Waals surface area contributed by atoms with Crippen LogP contribution in [0.25, 0.3) is 0 Å². The van der Waals surface area contributed by atoms with E-state index >= 15 is 0 Å². The average Bonchev–Trinajstić information content (AvgIpc) is 2.83. The van der Waals surface area contributed by atoms with E-state index in [1.165, 1.54) is 5.56 Å². The third-order valence-corrected chi connectivity index (χ3v) is 2.89. The number of carbonyl (C=O) groups is 1. The van der Waals surface area contributed by atoms with Crippen LogP contribution >= 0.6 is 0 Å². The molecule has 0 unspecified atom stereocenters. The van der Waals surface area contributed by atoms with Crippen molar-refractivity contribution in [1.82, 2.24) is 10.3 Å². The Kier molecular flexibility index (Phi) is 3.67. The smallest absolute Gasteiger partial charge is 0.268 e. The maximum atomic E-state index is 11.8. The lowest BCUT2D eigenvalue weighted by atomic mass is 10.1. The van der Waals surface area contributed by atoms with Crippen molar-refractivity contribution < 1.29 is 4.79 Å². The zero-order valence-corrected chi connectivity index (χ0v) is 10.4. The van der Waals surface area contributed by atoms with Gasteiger partial charge in [-0.25, -0.2) is 0 Å². The number of hydrogen-bond donors (Lipinski definition) is 3. The summed E-state index contributed by atoms with van der Waals surface area (Å²) in [7, 11) is 0. The topological polar surface area (TPSA) is 70.9 Å². The molecular formula is C14H17N3O. The van der Waals surface area contributed by atoms with E-state index in [-0.39, 0.29) is 5.91 Å². The van der Waals surface area contributed by atoms with Crippen molar-refractivity contribution >= 4 is 11.6 Å². The molecule has 0 aliphatic rings. The highest BCUT2D eigenvalue weighted by atomic mass is 16.1. The molecule has 2 aromatic rings. The van der Waals surface area contributed by atoms with E-state index in [0.29, 0.717) is 17.9 Å². The van der Waals surface area contributed by atoms with Gasteiger partial charge in [0.1, 0.15) is 5.69 Å². The van der Waals surface area contributed by atoms with Crippen molar-refractivity contribution in [3.63, 3.8) is 0 Å². The number of aromatic nitrogens is 1. The summed E-state index contributed by atoms with van der Waals surface area (Å²) in [5.41, 5.74) is 9.01. The molecule has 0 aliphatic carbocycles. The number of carbonyl (C=O) groups excluding carboxylic acids is 1. The lowest BCUT2D eigenvalue weighted by Crippen LogP contribution is -2.23. The van der Waals surface area contributed by atoms with Gasteiger partial charge in [-0.1, -0.05) is 31.2 Å². The maximum absolute atomic E-state index is 11.8. The molecule has 0 spiro atoms. The highest BCUT2D eigenvalue weighted by Crippen LogP contribution is 2.10. The zero-order valence-electron chi connectivity index (χ0n) is 10.4. The molecule has 1 amide bonds. The van der Waals surface area contributed by atoms with Gasteiger partial charge in [-0.05, 0) is 23.6 Å². The number of hydrogen-bond acceptors (Lipinski definition) is 2. The Labute approximate surface area is 106 Å². The van der Waals surface area contributed by atoms with Crippen LogP contribution < -0.4 is 11.1 Å². The molecule has 0 saturated heterocycles. The van der Waals surface area contributed by atoms with Crippen LogP contribution in [-0.4, -0.2) is 10.9 Å². The third-order valence-electron chi connectivity index (χ3n) is 2.89. The van der Waals surface area contributed by atoms with Gasteiger partial charge in [0, 0.05) is 18.4 Å². The van der Waals surface area contributed by atoms with Crippen LogP contribution in [0.5, 0.6) is 0 Å². The first kappa shape index (κ1) is 12.2. The Hall–Kier alpha value is -2.23. The number of nitrogens with two attached hydrogens (primary N) is 1. The first-order valence-corrected chi connectivity index (χ1v) is 5.99. The van der Waals surface area contributed by atoms with E-state index in [4.69, 9.17) is 5.73 Å². The molecule has 0 aliphatic heterocycles. The first-order valence-electron chi connectivity index (χ1n) is 5.99. The molecule has 0 atom stereocenters. The van der Waals surface area contributed by atoms with Gasteiger partial charge >= 0.3 is 0 Å².